The fourth-order valence-corrected chi connectivity index (χ4v) is 2.83. The summed E-state index contributed by atoms with van der Waals surface area (Å²) >= 11 is 0. The number of hydrogen-bond donors (Lipinski definition) is 2. The van der Waals surface area contributed by atoms with Crippen molar-refractivity contribution in [3.8, 4) is 0 Å². The maximum absolute atomic E-state index is 12.2. The summed E-state index contributed by atoms with van der Waals surface area (Å²) in [5.74, 6) is 0.0926. The van der Waals surface area contributed by atoms with Crippen LogP contribution in [-0.4, -0.2) is 60.1 Å². The molecule has 3 rings (SSSR count). The van der Waals surface area contributed by atoms with Gasteiger partial charge >= 0.3 is 0 Å². The molecule has 22 heavy (non-hydrogen) atoms. The third-order valence-corrected chi connectivity index (χ3v) is 4.04. The number of aliphatic hydroxyl groups is 1. The first kappa shape index (κ1) is 14.7. The second-order valence-corrected chi connectivity index (χ2v) is 5.82. The summed E-state index contributed by atoms with van der Waals surface area (Å²) < 4.78 is 1.77. The van der Waals surface area contributed by atoms with Crippen molar-refractivity contribution in [2.24, 2.45) is 5.92 Å². The van der Waals surface area contributed by atoms with Gasteiger partial charge in [-0.1, -0.05) is 0 Å². The molecule has 3 heterocycles. The second-order valence-electron chi connectivity index (χ2n) is 5.82. The Labute approximate surface area is 128 Å². The summed E-state index contributed by atoms with van der Waals surface area (Å²) in [6, 6.07) is 1.98. The smallest absolute Gasteiger partial charge is 0.224 e. The number of aliphatic hydroxyl groups excluding tert-OH is 1. The van der Waals surface area contributed by atoms with Crippen LogP contribution in [-0.2, 0) is 17.8 Å². The van der Waals surface area contributed by atoms with Crippen LogP contribution in [0.5, 0.6) is 0 Å². The molecule has 1 fully saturated rings. The number of β-amino-alcohol motifs (C(OH)–C–C–N with tert-alkyl or cyclic N) is 1. The van der Waals surface area contributed by atoms with E-state index in [1.165, 1.54) is 0 Å². The molecule has 1 saturated heterocycles. The molecular formula is C14H20N6O2. The number of hydrogen-bond acceptors (Lipinski definition) is 5. The molecule has 118 valence electrons. The van der Waals surface area contributed by atoms with Crippen LogP contribution in [0.4, 0.5) is 0 Å². The SMILES string of the molecule is Cc1cc(C[C@@H]2CN(C(=O)CCn3cnnc3)C[C@H]2O)n[nH]1. The number of aryl methyl sites for hydroxylation is 2. The molecule has 2 aromatic heterocycles. The largest absolute Gasteiger partial charge is 0.391 e. The van der Waals surface area contributed by atoms with Gasteiger partial charge in [-0.25, -0.2) is 0 Å². The molecule has 0 spiro atoms. The lowest BCUT2D eigenvalue weighted by molar-refractivity contribution is -0.130. The number of carbonyl (C=O) groups excluding carboxylic acids is 1. The van der Waals surface area contributed by atoms with Crippen LogP contribution in [0.3, 0.4) is 0 Å². The summed E-state index contributed by atoms with van der Waals surface area (Å²) in [4.78, 5) is 14.0. The fourth-order valence-electron chi connectivity index (χ4n) is 2.83. The first-order valence-electron chi connectivity index (χ1n) is 7.41. The maximum atomic E-state index is 12.2. The van der Waals surface area contributed by atoms with Crippen LogP contribution in [0.1, 0.15) is 17.8 Å². The van der Waals surface area contributed by atoms with Crippen LogP contribution in [0.2, 0.25) is 0 Å². The van der Waals surface area contributed by atoms with E-state index in [9.17, 15) is 9.90 Å². The van der Waals surface area contributed by atoms with Crippen molar-refractivity contribution >= 4 is 5.91 Å². The molecule has 0 aromatic carbocycles. The van der Waals surface area contributed by atoms with Crippen molar-refractivity contribution in [3.05, 3.63) is 30.1 Å². The Kier molecular flexibility index (Phi) is 4.19. The quantitative estimate of drug-likeness (QED) is 0.794. The normalized spacial score (nSPS) is 21.5. The number of aromatic nitrogens is 5. The lowest BCUT2D eigenvalue weighted by Gasteiger charge is -2.15. The van der Waals surface area contributed by atoms with Crippen LogP contribution in [0.25, 0.3) is 0 Å². The van der Waals surface area contributed by atoms with Gasteiger partial charge in [0.15, 0.2) is 0 Å². The van der Waals surface area contributed by atoms with Crippen LogP contribution in [0, 0.1) is 12.8 Å². The minimum atomic E-state index is -0.490. The molecule has 8 heteroatoms. The summed E-state index contributed by atoms with van der Waals surface area (Å²) in [5.41, 5.74) is 1.93. The van der Waals surface area contributed by atoms with E-state index in [-0.39, 0.29) is 11.8 Å². The summed E-state index contributed by atoms with van der Waals surface area (Å²) in [6.07, 6.45) is 3.76. The van der Waals surface area contributed by atoms with E-state index in [4.69, 9.17) is 0 Å². The minimum absolute atomic E-state index is 0.0431. The number of H-pyrrole nitrogens is 1. The number of amides is 1. The Morgan fingerprint density at radius 2 is 2.18 bits per heavy atom. The van der Waals surface area contributed by atoms with Crippen molar-refractivity contribution in [1.29, 1.82) is 0 Å². The molecule has 0 aliphatic carbocycles. The van der Waals surface area contributed by atoms with Gasteiger partial charge in [0.2, 0.25) is 5.91 Å². The highest BCUT2D eigenvalue weighted by Crippen LogP contribution is 2.21. The predicted molar refractivity (Wildman–Crippen MR) is 77.7 cm³/mol. The maximum Gasteiger partial charge on any atom is 0.224 e. The molecule has 0 unspecified atom stereocenters. The Balaban J connectivity index is 1.52. The number of aromatic amines is 1. The molecule has 0 bridgehead atoms. The molecule has 1 aliphatic rings. The third-order valence-electron chi connectivity index (χ3n) is 4.04. The summed E-state index contributed by atoms with van der Waals surface area (Å²) in [6.45, 7) is 3.48. The van der Waals surface area contributed by atoms with Gasteiger partial charge in [-0.15, -0.1) is 10.2 Å². The van der Waals surface area contributed by atoms with Gasteiger partial charge in [-0.2, -0.15) is 5.10 Å². The number of nitrogens with zero attached hydrogens (tertiary/aromatic N) is 5. The highest BCUT2D eigenvalue weighted by molar-refractivity contribution is 5.76. The van der Waals surface area contributed by atoms with E-state index in [1.807, 2.05) is 13.0 Å². The number of carbonyl (C=O) groups is 1. The number of rotatable bonds is 5. The molecule has 2 atom stereocenters. The highest BCUT2D eigenvalue weighted by Gasteiger charge is 2.34. The first-order chi connectivity index (χ1) is 10.6. The lowest BCUT2D eigenvalue weighted by atomic mass is 10.0. The Bertz CT molecular complexity index is 623. The molecule has 1 amide bonds. The summed E-state index contributed by atoms with van der Waals surface area (Å²) in [5, 5.41) is 24.7. The number of nitrogens with one attached hydrogen (secondary N) is 1. The summed E-state index contributed by atoms with van der Waals surface area (Å²) in [7, 11) is 0. The van der Waals surface area contributed by atoms with E-state index < -0.39 is 6.10 Å². The van der Waals surface area contributed by atoms with E-state index in [2.05, 4.69) is 20.4 Å². The zero-order valence-corrected chi connectivity index (χ0v) is 12.5. The van der Waals surface area contributed by atoms with Gasteiger partial charge < -0.3 is 14.6 Å². The molecule has 0 radical (unpaired) electrons. The van der Waals surface area contributed by atoms with E-state index in [0.717, 1.165) is 11.4 Å². The standard InChI is InChI=1S/C14H20N6O2/c1-10-4-12(18-17-10)5-11-6-20(7-13(11)21)14(22)2-3-19-8-15-16-9-19/h4,8-9,11,13,21H,2-3,5-7H2,1H3,(H,17,18)/t11-,13-/m1/s1. The predicted octanol–water partition coefficient (Wildman–Crippen LogP) is -0.238. The van der Waals surface area contributed by atoms with Crippen molar-refractivity contribution in [1.82, 2.24) is 29.9 Å². The average molecular weight is 304 g/mol. The fraction of sp³-hybridized carbons (Fsp3) is 0.571. The van der Waals surface area contributed by atoms with Crippen molar-refractivity contribution < 1.29 is 9.90 Å². The van der Waals surface area contributed by atoms with E-state index in [0.29, 0.717) is 32.5 Å². The first-order valence-corrected chi connectivity index (χ1v) is 7.41. The third kappa shape index (κ3) is 3.33. The number of likely N-dealkylation sites (tertiary alicyclic amines) is 1. The van der Waals surface area contributed by atoms with Gasteiger partial charge in [0.1, 0.15) is 12.7 Å². The van der Waals surface area contributed by atoms with Gasteiger partial charge in [-0.3, -0.25) is 9.89 Å². The highest BCUT2D eigenvalue weighted by atomic mass is 16.3. The second kappa shape index (κ2) is 6.27. The Morgan fingerprint density at radius 1 is 1.41 bits per heavy atom. The Morgan fingerprint density at radius 3 is 2.86 bits per heavy atom. The molecular weight excluding hydrogens is 284 g/mol. The molecule has 8 nitrogen and oxygen atoms in total. The van der Waals surface area contributed by atoms with E-state index >= 15 is 0 Å². The zero-order valence-electron chi connectivity index (χ0n) is 12.5. The van der Waals surface area contributed by atoms with Crippen molar-refractivity contribution in [3.63, 3.8) is 0 Å². The van der Waals surface area contributed by atoms with Crippen molar-refractivity contribution in [2.45, 2.75) is 32.4 Å². The van der Waals surface area contributed by atoms with Crippen LogP contribution < -0.4 is 0 Å². The Hall–Kier alpha value is -2.22. The molecule has 2 aromatic rings. The molecule has 2 N–H and O–H groups in total. The van der Waals surface area contributed by atoms with Gasteiger partial charge in [0.05, 0.1) is 11.8 Å². The van der Waals surface area contributed by atoms with Gasteiger partial charge in [0, 0.05) is 37.7 Å². The molecule has 1 aliphatic heterocycles. The van der Waals surface area contributed by atoms with Gasteiger partial charge in [0.25, 0.3) is 0 Å². The van der Waals surface area contributed by atoms with E-state index in [1.54, 1.807) is 22.1 Å². The van der Waals surface area contributed by atoms with Crippen LogP contribution in [0.15, 0.2) is 18.7 Å². The topological polar surface area (TPSA) is 99.9 Å². The zero-order chi connectivity index (χ0) is 15.5. The van der Waals surface area contributed by atoms with Crippen molar-refractivity contribution in [2.75, 3.05) is 13.1 Å². The lowest BCUT2D eigenvalue weighted by Crippen LogP contribution is -2.30. The van der Waals surface area contributed by atoms with Gasteiger partial charge in [-0.05, 0) is 19.4 Å². The minimum Gasteiger partial charge on any atom is -0.391 e. The van der Waals surface area contributed by atoms with Crippen LogP contribution >= 0.6 is 0 Å². The average Bonchev–Trinajstić information content (AvgIpc) is 3.20. The molecule has 0 saturated carbocycles. The monoisotopic (exact) mass is 304 g/mol.